The molecule has 1 unspecified atom stereocenters. The molecule has 0 aromatic carbocycles. The first kappa shape index (κ1) is 20.8. The van der Waals surface area contributed by atoms with Gasteiger partial charge in [0.1, 0.15) is 24.5 Å². The smallest absolute Gasteiger partial charge is 0.139 e. The molecule has 1 aliphatic heterocycles. The Hall–Kier alpha value is -0.200. The summed E-state index contributed by atoms with van der Waals surface area (Å²) in [6.07, 6.45) is 5.89. The Morgan fingerprint density at radius 3 is 1.91 bits per heavy atom. The molecule has 3 N–H and O–H groups in total. The third-order valence-corrected chi connectivity index (χ3v) is 4.89. The van der Waals surface area contributed by atoms with Crippen molar-refractivity contribution < 1.29 is 20.1 Å². The highest BCUT2D eigenvalue weighted by Gasteiger charge is 2.43. The van der Waals surface area contributed by atoms with Gasteiger partial charge in [-0.05, 0) is 19.9 Å². The Labute approximate surface area is 141 Å². The fraction of sp³-hybridized carbons (Fsp3) is 1.00. The number of hydrogen-bond acceptors (Lipinski definition) is 5. The number of likely N-dealkylation sites (N-methyl/N-ethyl adjacent to an activating group) is 1. The van der Waals surface area contributed by atoms with Crippen molar-refractivity contribution in [2.24, 2.45) is 0 Å². The molecule has 0 radical (unpaired) electrons. The highest BCUT2D eigenvalue weighted by atomic mass is 16.5. The van der Waals surface area contributed by atoms with Gasteiger partial charge in [0.25, 0.3) is 0 Å². The van der Waals surface area contributed by atoms with Gasteiger partial charge in [0, 0.05) is 6.54 Å². The molecule has 1 aliphatic rings. The zero-order chi connectivity index (χ0) is 17.2. The lowest BCUT2D eigenvalue weighted by atomic mass is 9.98. The molecular weight excluding hydrogens is 294 g/mol. The van der Waals surface area contributed by atoms with Gasteiger partial charge in [-0.15, -0.1) is 0 Å². The van der Waals surface area contributed by atoms with Crippen molar-refractivity contribution in [3.05, 3.63) is 0 Å². The van der Waals surface area contributed by atoms with Crippen molar-refractivity contribution in [2.75, 3.05) is 13.1 Å². The van der Waals surface area contributed by atoms with E-state index in [2.05, 4.69) is 11.8 Å². The van der Waals surface area contributed by atoms with Crippen LogP contribution in [0.25, 0.3) is 0 Å². The molecule has 1 heterocycles. The van der Waals surface area contributed by atoms with Crippen LogP contribution in [0.4, 0.5) is 0 Å². The fourth-order valence-corrected chi connectivity index (χ4v) is 3.25. The van der Waals surface area contributed by atoms with E-state index in [4.69, 9.17) is 4.74 Å². The quantitative estimate of drug-likeness (QED) is 0.507. The molecule has 0 bridgehead atoms. The highest BCUT2D eigenvalue weighted by molar-refractivity contribution is 4.90. The lowest BCUT2D eigenvalue weighted by Gasteiger charge is -2.44. The summed E-state index contributed by atoms with van der Waals surface area (Å²) >= 11 is 0. The number of aliphatic hydroxyl groups is 3. The maximum atomic E-state index is 10.2. The van der Waals surface area contributed by atoms with Gasteiger partial charge in [0.15, 0.2) is 0 Å². The Kier molecular flexibility index (Phi) is 10.3. The Morgan fingerprint density at radius 2 is 1.35 bits per heavy atom. The fourth-order valence-electron chi connectivity index (χ4n) is 3.25. The second kappa shape index (κ2) is 11.4. The van der Waals surface area contributed by atoms with Gasteiger partial charge < -0.3 is 20.1 Å². The summed E-state index contributed by atoms with van der Waals surface area (Å²) in [4.78, 5) is 2.06. The highest BCUT2D eigenvalue weighted by Crippen LogP contribution is 2.23. The summed E-state index contributed by atoms with van der Waals surface area (Å²) in [7, 11) is 0. The average Bonchev–Trinajstić information content (AvgIpc) is 2.55. The van der Waals surface area contributed by atoms with Gasteiger partial charge in [-0.2, -0.15) is 0 Å². The van der Waals surface area contributed by atoms with Crippen molar-refractivity contribution in [2.45, 2.75) is 103 Å². The van der Waals surface area contributed by atoms with Gasteiger partial charge in [0.2, 0.25) is 0 Å². The molecule has 0 saturated carbocycles. The minimum Gasteiger partial charge on any atom is -0.388 e. The van der Waals surface area contributed by atoms with Gasteiger partial charge >= 0.3 is 0 Å². The monoisotopic (exact) mass is 331 g/mol. The molecule has 0 aromatic heterocycles. The number of nitrogens with zero attached hydrogens (tertiary/aromatic N) is 1. The van der Waals surface area contributed by atoms with Crippen LogP contribution in [0.1, 0.15) is 72.1 Å². The second-order valence-corrected chi connectivity index (χ2v) is 6.81. The molecule has 5 heteroatoms. The van der Waals surface area contributed by atoms with Crippen LogP contribution in [-0.2, 0) is 4.74 Å². The van der Waals surface area contributed by atoms with Gasteiger partial charge in [-0.1, -0.05) is 58.8 Å². The number of ether oxygens (including phenoxy) is 1. The number of unbranched alkanes of at least 4 members (excludes halogenated alkanes) is 7. The first-order chi connectivity index (χ1) is 11.0. The van der Waals surface area contributed by atoms with Gasteiger partial charge in [-0.3, -0.25) is 4.90 Å². The standard InChI is InChI=1S/C18H37NO4/c1-4-6-7-8-9-10-11-12-13-19(5-2)18-17(22)16(21)15(20)14(3)23-18/h14-18,20-22H,4-13H2,1-3H3/t14-,15+,16+,17-,18?/m0/s1. The van der Waals surface area contributed by atoms with E-state index in [0.29, 0.717) is 0 Å². The maximum absolute atomic E-state index is 10.2. The van der Waals surface area contributed by atoms with Crippen molar-refractivity contribution >= 4 is 0 Å². The summed E-state index contributed by atoms with van der Waals surface area (Å²) in [6.45, 7) is 7.61. The second-order valence-electron chi connectivity index (χ2n) is 6.81. The summed E-state index contributed by atoms with van der Waals surface area (Å²) in [5.41, 5.74) is 0. The van der Waals surface area contributed by atoms with Crippen LogP contribution in [0.2, 0.25) is 0 Å². The topological polar surface area (TPSA) is 73.2 Å². The van der Waals surface area contributed by atoms with Crippen molar-refractivity contribution in [1.29, 1.82) is 0 Å². The van der Waals surface area contributed by atoms with Crippen molar-refractivity contribution in [1.82, 2.24) is 4.90 Å². The summed E-state index contributed by atoms with van der Waals surface area (Å²) in [5, 5.41) is 29.9. The third kappa shape index (κ3) is 6.67. The van der Waals surface area contributed by atoms with E-state index >= 15 is 0 Å². The van der Waals surface area contributed by atoms with E-state index in [1.54, 1.807) is 6.92 Å². The van der Waals surface area contributed by atoms with Crippen LogP contribution < -0.4 is 0 Å². The third-order valence-electron chi connectivity index (χ3n) is 4.89. The maximum Gasteiger partial charge on any atom is 0.139 e. The Balaban J connectivity index is 2.28. The number of aliphatic hydroxyl groups excluding tert-OH is 3. The van der Waals surface area contributed by atoms with E-state index in [1.807, 2.05) is 6.92 Å². The van der Waals surface area contributed by atoms with E-state index in [1.165, 1.54) is 44.9 Å². The summed E-state index contributed by atoms with van der Waals surface area (Å²) in [6, 6.07) is 0. The minimum atomic E-state index is -1.14. The van der Waals surface area contributed by atoms with E-state index in [0.717, 1.165) is 19.5 Å². The molecular formula is C18H37NO4. The lowest BCUT2D eigenvalue weighted by molar-refractivity contribution is -0.255. The Bertz CT molecular complexity index is 303. The molecule has 1 fully saturated rings. The number of rotatable bonds is 11. The van der Waals surface area contributed by atoms with Crippen LogP contribution >= 0.6 is 0 Å². The zero-order valence-corrected chi connectivity index (χ0v) is 15.2. The van der Waals surface area contributed by atoms with Crippen LogP contribution in [-0.4, -0.2) is 64.0 Å². The summed E-state index contributed by atoms with van der Waals surface area (Å²) in [5.74, 6) is 0. The van der Waals surface area contributed by atoms with E-state index in [-0.39, 0.29) is 0 Å². The molecule has 5 nitrogen and oxygen atoms in total. The molecule has 5 atom stereocenters. The first-order valence-electron chi connectivity index (χ1n) is 9.46. The summed E-state index contributed by atoms with van der Waals surface area (Å²) < 4.78 is 5.72. The predicted molar refractivity (Wildman–Crippen MR) is 92.2 cm³/mol. The largest absolute Gasteiger partial charge is 0.388 e. The molecule has 1 rings (SSSR count). The van der Waals surface area contributed by atoms with Crippen LogP contribution in [0.15, 0.2) is 0 Å². The normalized spacial score (nSPS) is 31.7. The molecule has 0 amide bonds. The van der Waals surface area contributed by atoms with E-state index in [9.17, 15) is 15.3 Å². The predicted octanol–water partition coefficient (Wildman–Crippen LogP) is 2.28. The molecule has 1 saturated heterocycles. The first-order valence-corrected chi connectivity index (χ1v) is 9.46. The van der Waals surface area contributed by atoms with Gasteiger partial charge in [-0.25, -0.2) is 0 Å². The molecule has 23 heavy (non-hydrogen) atoms. The molecule has 0 aromatic rings. The lowest BCUT2D eigenvalue weighted by Crippen LogP contribution is -2.61. The van der Waals surface area contributed by atoms with Crippen molar-refractivity contribution in [3.8, 4) is 0 Å². The van der Waals surface area contributed by atoms with E-state index < -0.39 is 30.6 Å². The Morgan fingerprint density at radius 1 is 0.783 bits per heavy atom. The average molecular weight is 331 g/mol. The SMILES string of the molecule is CCCCCCCCCCN(CC)C1O[C@@H](C)[C@@H](O)[C@@H](O)[C@@H]1O. The van der Waals surface area contributed by atoms with Crippen LogP contribution in [0.3, 0.4) is 0 Å². The number of hydrogen-bond donors (Lipinski definition) is 3. The molecule has 0 aliphatic carbocycles. The van der Waals surface area contributed by atoms with Gasteiger partial charge in [0.05, 0.1) is 6.10 Å². The molecule has 0 spiro atoms. The zero-order valence-electron chi connectivity index (χ0n) is 15.2. The minimum absolute atomic E-state index is 0.467. The molecule has 138 valence electrons. The van der Waals surface area contributed by atoms with Crippen LogP contribution in [0.5, 0.6) is 0 Å². The van der Waals surface area contributed by atoms with Crippen molar-refractivity contribution in [3.63, 3.8) is 0 Å². The van der Waals surface area contributed by atoms with Crippen LogP contribution in [0, 0.1) is 0 Å².